The van der Waals surface area contributed by atoms with Crippen molar-refractivity contribution in [2.75, 3.05) is 13.2 Å². The van der Waals surface area contributed by atoms with Gasteiger partial charge < -0.3 is 14.2 Å². The van der Waals surface area contributed by atoms with E-state index in [-0.39, 0.29) is 31.1 Å². The molecule has 0 heterocycles. The fourth-order valence-corrected chi connectivity index (χ4v) is 8.64. The molecule has 6 nitrogen and oxygen atoms in total. The number of carbonyl (C=O) groups excluding carboxylic acids is 3. The topological polar surface area (TPSA) is 78.9 Å². The molecule has 1 atom stereocenters. The van der Waals surface area contributed by atoms with Crippen LogP contribution in [0.2, 0.25) is 0 Å². The van der Waals surface area contributed by atoms with Gasteiger partial charge in [0.25, 0.3) is 0 Å². The smallest absolute Gasteiger partial charge is 0.306 e. The lowest BCUT2D eigenvalue weighted by molar-refractivity contribution is -0.167. The van der Waals surface area contributed by atoms with Gasteiger partial charge in [-0.15, -0.1) is 0 Å². The van der Waals surface area contributed by atoms with Gasteiger partial charge in [0.15, 0.2) is 6.10 Å². The molecule has 0 N–H and O–H groups in total. The van der Waals surface area contributed by atoms with Gasteiger partial charge in [0.2, 0.25) is 0 Å². The van der Waals surface area contributed by atoms with E-state index in [0.717, 1.165) is 103 Å². The first-order valence-corrected chi connectivity index (χ1v) is 30.4. The number of carbonyl (C=O) groups is 3. The summed E-state index contributed by atoms with van der Waals surface area (Å²) < 4.78 is 16.8. The summed E-state index contributed by atoms with van der Waals surface area (Å²) >= 11 is 0. The van der Waals surface area contributed by atoms with E-state index in [1.165, 1.54) is 161 Å². The average molecular weight is 992 g/mol. The quantitative estimate of drug-likeness (QED) is 0.0261. The van der Waals surface area contributed by atoms with E-state index in [9.17, 15) is 14.4 Å². The fraction of sp³-hybridized carbons (Fsp3) is 0.769. The Morgan fingerprint density at radius 1 is 0.296 bits per heavy atom. The molecule has 1 unspecified atom stereocenters. The Morgan fingerprint density at radius 2 is 0.549 bits per heavy atom. The number of hydrogen-bond donors (Lipinski definition) is 0. The van der Waals surface area contributed by atoms with Crippen LogP contribution in [0.5, 0.6) is 0 Å². The van der Waals surface area contributed by atoms with Gasteiger partial charge in [-0.3, -0.25) is 14.4 Å². The van der Waals surface area contributed by atoms with Crippen LogP contribution in [0.4, 0.5) is 0 Å². The Labute approximate surface area is 440 Å². The molecule has 6 heteroatoms. The molecule has 0 bridgehead atoms. The van der Waals surface area contributed by atoms with Gasteiger partial charge in [-0.05, 0) is 89.9 Å². The number of rotatable bonds is 55. The second-order valence-corrected chi connectivity index (χ2v) is 20.2. The maximum atomic E-state index is 12.8. The molecule has 71 heavy (non-hydrogen) atoms. The lowest BCUT2D eigenvalue weighted by Crippen LogP contribution is -2.30. The number of hydrogen-bond acceptors (Lipinski definition) is 6. The van der Waals surface area contributed by atoms with Gasteiger partial charge in [0.05, 0.1) is 0 Å². The van der Waals surface area contributed by atoms with Crippen LogP contribution in [0.3, 0.4) is 0 Å². The molecule has 0 aliphatic heterocycles. The van der Waals surface area contributed by atoms with Crippen LogP contribution < -0.4 is 0 Å². The van der Waals surface area contributed by atoms with Gasteiger partial charge in [-0.2, -0.15) is 0 Å². The van der Waals surface area contributed by atoms with Crippen molar-refractivity contribution in [3.8, 4) is 0 Å². The first-order chi connectivity index (χ1) is 35.0. The zero-order valence-electron chi connectivity index (χ0n) is 47.0. The van der Waals surface area contributed by atoms with E-state index in [4.69, 9.17) is 14.2 Å². The standard InChI is InChI=1S/C65H114O6/c1-4-7-10-13-16-19-21-23-24-25-26-27-28-29-30-31-32-33-34-35-36-37-38-39-40-42-43-46-49-52-55-58-64(67)70-61-62(60-69-63(66)57-54-51-48-45-18-15-12-9-6-3)71-65(68)59-56-53-50-47-44-41-22-20-17-14-11-8-5-2/h7,10,16,19-20,22-24,26-27,29-30,62H,4-6,8-9,11-15,17-18,21,25,28,31-61H2,1-3H3/b10-7-,19-16-,22-20-,24-23-,27-26-,30-29-. The first-order valence-electron chi connectivity index (χ1n) is 30.4. The lowest BCUT2D eigenvalue weighted by atomic mass is 10.0. The van der Waals surface area contributed by atoms with Crippen LogP contribution in [0, 0.1) is 0 Å². The van der Waals surface area contributed by atoms with E-state index in [1.807, 2.05) is 0 Å². The molecule has 0 amide bonds. The number of unbranched alkanes of at least 4 members (excludes halogenated alkanes) is 32. The van der Waals surface area contributed by atoms with E-state index >= 15 is 0 Å². The number of ether oxygens (including phenoxy) is 3. The second kappa shape index (κ2) is 59.4. The normalized spacial score (nSPS) is 12.5. The highest BCUT2D eigenvalue weighted by molar-refractivity contribution is 5.71. The minimum absolute atomic E-state index is 0.0745. The summed E-state index contributed by atoms with van der Waals surface area (Å²) in [5, 5.41) is 0. The van der Waals surface area contributed by atoms with Crippen molar-refractivity contribution in [3.63, 3.8) is 0 Å². The summed E-state index contributed by atoms with van der Waals surface area (Å²) in [6.45, 7) is 6.50. The van der Waals surface area contributed by atoms with Crippen molar-refractivity contribution in [1.82, 2.24) is 0 Å². The molecular formula is C65H114O6. The monoisotopic (exact) mass is 991 g/mol. The Bertz CT molecular complexity index is 1320. The average Bonchev–Trinajstić information content (AvgIpc) is 3.37. The summed E-state index contributed by atoms with van der Waals surface area (Å²) in [5.74, 6) is -0.876. The van der Waals surface area contributed by atoms with Crippen molar-refractivity contribution >= 4 is 17.9 Å². The summed E-state index contributed by atoms with van der Waals surface area (Å²) in [6.07, 6.45) is 76.4. The third-order valence-electron chi connectivity index (χ3n) is 13.2. The predicted octanol–water partition coefficient (Wildman–Crippen LogP) is 20.5. The highest BCUT2D eigenvalue weighted by atomic mass is 16.6. The van der Waals surface area contributed by atoms with Gasteiger partial charge in [0.1, 0.15) is 13.2 Å². The number of allylic oxidation sites excluding steroid dienone is 12. The maximum Gasteiger partial charge on any atom is 0.306 e. The minimum Gasteiger partial charge on any atom is -0.462 e. The zero-order valence-corrected chi connectivity index (χ0v) is 47.0. The van der Waals surface area contributed by atoms with Crippen molar-refractivity contribution in [1.29, 1.82) is 0 Å². The van der Waals surface area contributed by atoms with Gasteiger partial charge in [-0.25, -0.2) is 0 Å². The van der Waals surface area contributed by atoms with Crippen LogP contribution in [0.25, 0.3) is 0 Å². The Balaban J connectivity index is 4.08. The molecular weight excluding hydrogens is 877 g/mol. The third kappa shape index (κ3) is 57.6. The van der Waals surface area contributed by atoms with Crippen LogP contribution in [-0.2, 0) is 28.6 Å². The van der Waals surface area contributed by atoms with Gasteiger partial charge in [-0.1, -0.05) is 267 Å². The molecule has 0 spiro atoms. The van der Waals surface area contributed by atoms with E-state index in [2.05, 4.69) is 93.7 Å². The SMILES string of the molecule is CC/C=C\C/C=C\C/C=C\C/C=C\C/C=C\CCCCCCCCCCCCCCCCCC(=O)OCC(COC(=O)CCCCCCCCCCC)OC(=O)CCCCCCC/C=C\CCCCCC. The molecule has 0 aromatic carbocycles. The highest BCUT2D eigenvalue weighted by Gasteiger charge is 2.19. The maximum absolute atomic E-state index is 12.8. The molecule has 0 aromatic rings. The Morgan fingerprint density at radius 3 is 0.887 bits per heavy atom. The van der Waals surface area contributed by atoms with Gasteiger partial charge >= 0.3 is 17.9 Å². The van der Waals surface area contributed by atoms with Crippen molar-refractivity contribution < 1.29 is 28.6 Å². The molecule has 0 fully saturated rings. The third-order valence-corrected chi connectivity index (χ3v) is 13.2. The van der Waals surface area contributed by atoms with E-state index in [1.54, 1.807) is 0 Å². The van der Waals surface area contributed by atoms with Crippen molar-refractivity contribution in [2.45, 2.75) is 309 Å². The van der Waals surface area contributed by atoms with E-state index < -0.39 is 6.10 Å². The van der Waals surface area contributed by atoms with Gasteiger partial charge in [0, 0.05) is 19.3 Å². The molecule has 0 aliphatic carbocycles. The Hall–Kier alpha value is -3.15. The summed E-state index contributed by atoms with van der Waals surface area (Å²) in [5.41, 5.74) is 0. The molecule has 0 rings (SSSR count). The first kappa shape index (κ1) is 67.8. The van der Waals surface area contributed by atoms with Crippen molar-refractivity contribution in [3.05, 3.63) is 72.9 Å². The highest BCUT2D eigenvalue weighted by Crippen LogP contribution is 2.16. The molecule has 0 radical (unpaired) electrons. The molecule has 0 aliphatic rings. The molecule has 410 valence electrons. The van der Waals surface area contributed by atoms with Crippen LogP contribution in [0.15, 0.2) is 72.9 Å². The zero-order chi connectivity index (χ0) is 51.4. The van der Waals surface area contributed by atoms with E-state index in [0.29, 0.717) is 19.3 Å². The summed E-state index contributed by atoms with van der Waals surface area (Å²) in [7, 11) is 0. The molecule has 0 saturated heterocycles. The molecule has 0 saturated carbocycles. The minimum atomic E-state index is -0.775. The number of esters is 3. The Kier molecular flexibility index (Phi) is 56.8. The summed E-state index contributed by atoms with van der Waals surface area (Å²) in [4.78, 5) is 38.0. The van der Waals surface area contributed by atoms with Crippen molar-refractivity contribution in [2.24, 2.45) is 0 Å². The summed E-state index contributed by atoms with van der Waals surface area (Å²) in [6, 6.07) is 0. The van der Waals surface area contributed by atoms with Crippen LogP contribution in [0.1, 0.15) is 303 Å². The van der Waals surface area contributed by atoms with Crippen LogP contribution in [-0.4, -0.2) is 37.2 Å². The second-order valence-electron chi connectivity index (χ2n) is 20.2. The van der Waals surface area contributed by atoms with Crippen LogP contribution >= 0.6 is 0 Å². The fourth-order valence-electron chi connectivity index (χ4n) is 8.64. The lowest BCUT2D eigenvalue weighted by Gasteiger charge is -2.18. The largest absolute Gasteiger partial charge is 0.462 e. The molecule has 0 aromatic heterocycles. The predicted molar refractivity (Wildman–Crippen MR) is 307 cm³/mol.